The van der Waals surface area contributed by atoms with Gasteiger partial charge in [-0.15, -0.1) is 11.6 Å². The quantitative estimate of drug-likeness (QED) is 0.775. The largest absolute Gasteiger partial charge is 0.338 e. The van der Waals surface area contributed by atoms with Crippen LogP contribution in [0.3, 0.4) is 0 Å². The SMILES string of the molecule is Cn1ccnc1CCC(CCl)C1CCS(=O)(=O)C1. The van der Waals surface area contributed by atoms with E-state index in [1.165, 1.54) is 0 Å². The van der Waals surface area contributed by atoms with Gasteiger partial charge in [-0.2, -0.15) is 0 Å². The van der Waals surface area contributed by atoms with Crippen molar-refractivity contribution in [2.75, 3.05) is 17.4 Å². The first-order valence-corrected chi connectivity index (χ1v) is 8.60. The lowest BCUT2D eigenvalue weighted by atomic mass is 9.89. The smallest absolute Gasteiger partial charge is 0.150 e. The average Bonchev–Trinajstić information content (AvgIpc) is 2.87. The predicted octanol–water partition coefficient (Wildman–Crippen LogP) is 1.64. The molecule has 1 fully saturated rings. The zero-order chi connectivity index (χ0) is 13.2. The molecule has 2 unspecified atom stereocenters. The van der Waals surface area contributed by atoms with E-state index in [2.05, 4.69) is 4.98 Å². The zero-order valence-corrected chi connectivity index (χ0v) is 12.1. The molecule has 0 amide bonds. The Bertz CT molecular complexity index is 498. The van der Waals surface area contributed by atoms with Crippen LogP contribution in [-0.2, 0) is 23.3 Å². The summed E-state index contributed by atoms with van der Waals surface area (Å²) in [6, 6.07) is 0. The molecule has 2 rings (SSSR count). The summed E-state index contributed by atoms with van der Waals surface area (Å²) in [5, 5.41) is 0. The van der Waals surface area contributed by atoms with E-state index in [-0.39, 0.29) is 11.8 Å². The van der Waals surface area contributed by atoms with Gasteiger partial charge in [0.25, 0.3) is 0 Å². The molecule has 0 aromatic carbocycles. The molecule has 4 nitrogen and oxygen atoms in total. The molecule has 6 heteroatoms. The average molecular weight is 291 g/mol. The van der Waals surface area contributed by atoms with E-state index in [0.717, 1.165) is 25.1 Å². The van der Waals surface area contributed by atoms with Crippen LogP contribution in [0.5, 0.6) is 0 Å². The lowest BCUT2D eigenvalue weighted by Crippen LogP contribution is -2.19. The zero-order valence-electron chi connectivity index (χ0n) is 10.5. The highest BCUT2D eigenvalue weighted by Crippen LogP contribution is 2.29. The highest BCUT2D eigenvalue weighted by molar-refractivity contribution is 7.91. The molecular weight excluding hydrogens is 272 g/mol. The highest BCUT2D eigenvalue weighted by atomic mass is 35.5. The fourth-order valence-corrected chi connectivity index (χ4v) is 4.91. The summed E-state index contributed by atoms with van der Waals surface area (Å²) >= 11 is 6.00. The lowest BCUT2D eigenvalue weighted by molar-refractivity contribution is 0.372. The molecule has 0 spiro atoms. The van der Waals surface area contributed by atoms with Gasteiger partial charge in [-0.3, -0.25) is 0 Å². The summed E-state index contributed by atoms with van der Waals surface area (Å²) in [7, 11) is -0.840. The molecule has 1 saturated heterocycles. The maximum atomic E-state index is 11.5. The van der Waals surface area contributed by atoms with Crippen LogP contribution >= 0.6 is 11.6 Å². The van der Waals surface area contributed by atoms with Crippen molar-refractivity contribution < 1.29 is 8.42 Å². The van der Waals surface area contributed by atoms with Gasteiger partial charge in [-0.1, -0.05) is 0 Å². The summed E-state index contributed by atoms with van der Waals surface area (Å²) in [6.45, 7) is 0. The molecule has 0 saturated carbocycles. The van der Waals surface area contributed by atoms with Gasteiger partial charge in [0.2, 0.25) is 0 Å². The summed E-state index contributed by atoms with van der Waals surface area (Å²) in [5.74, 6) is 2.71. The minimum Gasteiger partial charge on any atom is -0.338 e. The van der Waals surface area contributed by atoms with Gasteiger partial charge in [0.05, 0.1) is 11.5 Å². The van der Waals surface area contributed by atoms with Crippen molar-refractivity contribution in [3.63, 3.8) is 0 Å². The second-order valence-electron chi connectivity index (χ2n) is 5.07. The minimum atomic E-state index is -2.81. The number of sulfone groups is 1. The maximum absolute atomic E-state index is 11.5. The van der Waals surface area contributed by atoms with Gasteiger partial charge >= 0.3 is 0 Å². The number of hydrogen-bond donors (Lipinski definition) is 0. The number of hydrogen-bond acceptors (Lipinski definition) is 3. The Hall–Kier alpha value is -0.550. The van der Waals surface area contributed by atoms with Gasteiger partial charge in [0.15, 0.2) is 9.84 Å². The Kier molecular flexibility index (Phi) is 4.33. The van der Waals surface area contributed by atoms with Gasteiger partial charge in [-0.25, -0.2) is 13.4 Å². The molecule has 2 atom stereocenters. The van der Waals surface area contributed by atoms with Crippen molar-refractivity contribution in [1.29, 1.82) is 0 Å². The fraction of sp³-hybridized carbons (Fsp3) is 0.750. The molecule has 102 valence electrons. The maximum Gasteiger partial charge on any atom is 0.150 e. The van der Waals surface area contributed by atoms with Gasteiger partial charge < -0.3 is 4.57 Å². The third-order valence-electron chi connectivity index (χ3n) is 3.79. The van der Waals surface area contributed by atoms with Crippen molar-refractivity contribution in [3.05, 3.63) is 18.2 Å². The normalized spacial score (nSPS) is 24.2. The molecule has 0 bridgehead atoms. The molecule has 18 heavy (non-hydrogen) atoms. The summed E-state index contributed by atoms with van der Waals surface area (Å²) in [6.07, 6.45) is 6.24. The molecule has 1 aliphatic rings. The van der Waals surface area contributed by atoms with E-state index in [1.54, 1.807) is 6.20 Å². The first-order chi connectivity index (χ1) is 8.52. The molecule has 0 aliphatic carbocycles. The van der Waals surface area contributed by atoms with Crippen LogP contribution in [0.25, 0.3) is 0 Å². The Morgan fingerprint density at radius 2 is 2.39 bits per heavy atom. The van der Waals surface area contributed by atoms with Gasteiger partial charge in [0, 0.05) is 31.7 Å². The highest BCUT2D eigenvalue weighted by Gasteiger charge is 2.33. The molecular formula is C12H19ClN2O2S. The number of halogens is 1. The second kappa shape index (κ2) is 5.61. The van der Waals surface area contributed by atoms with Crippen molar-refractivity contribution in [2.45, 2.75) is 19.3 Å². The topological polar surface area (TPSA) is 52.0 Å². The first-order valence-electron chi connectivity index (χ1n) is 6.24. The van der Waals surface area contributed by atoms with Crippen LogP contribution in [0.15, 0.2) is 12.4 Å². The standard InChI is InChI=1S/C12H19ClN2O2S/c1-15-6-5-14-12(15)3-2-10(8-13)11-4-7-18(16,17)9-11/h5-6,10-11H,2-4,7-9H2,1H3. The Morgan fingerprint density at radius 3 is 2.89 bits per heavy atom. The molecule has 1 aromatic rings. The van der Waals surface area contributed by atoms with Crippen LogP contribution < -0.4 is 0 Å². The van der Waals surface area contributed by atoms with Crippen molar-refractivity contribution in [2.24, 2.45) is 18.9 Å². The van der Waals surface area contributed by atoms with E-state index >= 15 is 0 Å². The molecule has 1 aromatic heterocycles. The number of rotatable bonds is 5. The third kappa shape index (κ3) is 3.26. The number of aryl methyl sites for hydroxylation is 2. The molecule has 2 heterocycles. The Labute approximate surface area is 113 Å². The van der Waals surface area contributed by atoms with Crippen LogP contribution in [0.2, 0.25) is 0 Å². The summed E-state index contributed by atoms with van der Waals surface area (Å²) in [5.41, 5.74) is 0. The van der Waals surface area contributed by atoms with E-state index in [0.29, 0.717) is 17.4 Å². The number of imidazole rings is 1. The fourth-order valence-electron chi connectivity index (χ4n) is 2.59. The lowest BCUT2D eigenvalue weighted by Gasteiger charge is -2.19. The molecule has 0 N–H and O–H groups in total. The van der Waals surface area contributed by atoms with E-state index in [4.69, 9.17) is 11.6 Å². The third-order valence-corrected chi connectivity index (χ3v) is 5.98. The van der Waals surface area contributed by atoms with E-state index in [9.17, 15) is 8.42 Å². The Balaban J connectivity index is 1.92. The van der Waals surface area contributed by atoms with Crippen LogP contribution in [0.1, 0.15) is 18.7 Å². The van der Waals surface area contributed by atoms with Crippen molar-refractivity contribution in [1.82, 2.24) is 9.55 Å². The van der Waals surface area contributed by atoms with Crippen LogP contribution in [0.4, 0.5) is 0 Å². The number of aromatic nitrogens is 2. The van der Waals surface area contributed by atoms with Crippen molar-refractivity contribution in [3.8, 4) is 0 Å². The van der Waals surface area contributed by atoms with Crippen molar-refractivity contribution >= 4 is 21.4 Å². The van der Waals surface area contributed by atoms with Crippen LogP contribution in [-0.4, -0.2) is 35.4 Å². The predicted molar refractivity (Wildman–Crippen MR) is 72.5 cm³/mol. The Morgan fingerprint density at radius 1 is 1.61 bits per heavy atom. The first kappa shape index (κ1) is 13.9. The van der Waals surface area contributed by atoms with Gasteiger partial charge in [-0.05, 0) is 24.7 Å². The molecule has 0 radical (unpaired) electrons. The monoisotopic (exact) mass is 290 g/mol. The summed E-state index contributed by atoms with van der Waals surface area (Å²) in [4.78, 5) is 4.28. The minimum absolute atomic E-state index is 0.229. The second-order valence-corrected chi connectivity index (χ2v) is 7.61. The molecule has 1 aliphatic heterocycles. The number of nitrogens with zero attached hydrogens (tertiary/aromatic N) is 2. The van der Waals surface area contributed by atoms with E-state index in [1.807, 2.05) is 17.8 Å². The van der Waals surface area contributed by atoms with Crippen LogP contribution in [0, 0.1) is 11.8 Å². The van der Waals surface area contributed by atoms with E-state index < -0.39 is 9.84 Å². The number of alkyl halides is 1. The summed E-state index contributed by atoms with van der Waals surface area (Å²) < 4.78 is 25.0. The van der Waals surface area contributed by atoms with Gasteiger partial charge in [0.1, 0.15) is 5.82 Å².